The van der Waals surface area contributed by atoms with Gasteiger partial charge in [0.2, 0.25) is 0 Å². The minimum absolute atomic E-state index is 0. The second-order valence-corrected chi connectivity index (χ2v) is 3.55. The van der Waals surface area contributed by atoms with Gasteiger partial charge in [-0.15, -0.1) is 0 Å². The molecule has 0 saturated carbocycles. The summed E-state index contributed by atoms with van der Waals surface area (Å²) in [5.74, 6) is 0.372. The third-order valence-corrected chi connectivity index (χ3v) is 2.68. The average Bonchev–Trinajstić information content (AvgIpc) is 2.20. The molecule has 1 N–H and O–H groups in total. The van der Waals surface area contributed by atoms with Gasteiger partial charge in [0.05, 0.1) is 0 Å². The molecule has 0 unspecified atom stereocenters. The summed E-state index contributed by atoms with van der Waals surface area (Å²) in [4.78, 5) is 0. The predicted octanol–water partition coefficient (Wildman–Crippen LogP) is 2.93. The zero-order valence-corrected chi connectivity index (χ0v) is 7.59. The Kier molecular flexibility index (Phi) is 4.08. The van der Waals surface area contributed by atoms with E-state index >= 15 is 0 Å². The highest BCUT2D eigenvalue weighted by molar-refractivity contribution is 5.22. The molecule has 1 heterocycles. The molecule has 2 rings (SSSR count). The molecule has 0 spiro atoms. The van der Waals surface area contributed by atoms with Gasteiger partial charge in [0.25, 0.3) is 0 Å². The Bertz CT molecular complexity index is 279. The molecule has 1 nitrogen and oxygen atoms in total. The molecule has 1 aromatic carbocycles. The van der Waals surface area contributed by atoms with Gasteiger partial charge in [0.1, 0.15) is 5.82 Å². The van der Waals surface area contributed by atoms with Crippen molar-refractivity contribution in [1.29, 1.82) is 0 Å². The lowest BCUT2D eigenvalue weighted by Gasteiger charge is -2.23. The van der Waals surface area contributed by atoms with Crippen LogP contribution in [0.15, 0.2) is 24.3 Å². The Balaban J connectivity index is 0.000000980. The molecule has 0 amide bonds. The Labute approximate surface area is 85.3 Å². The number of hydrogen-bond donors (Lipinski definition) is 1. The number of halogens is 1. The first-order chi connectivity index (χ1) is 6.38. The summed E-state index contributed by atoms with van der Waals surface area (Å²) in [5, 5.41) is 3.28. The smallest absolute Gasteiger partial charge is 0.126 e. The first kappa shape index (κ1) is 11.2. The maximum atomic E-state index is 13.4. The summed E-state index contributed by atoms with van der Waals surface area (Å²) in [7, 11) is 0. The summed E-state index contributed by atoms with van der Waals surface area (Å²) >= 11 is 0. The van der Waals surface area contributed by atoms with Crippen molar-refractivity contribution >= 4 is 0 Å². The highest BCUT2D eigenvalue weighted by Crippen LogP contribution is 2.26. The van der Waals surface area contributed by atoms with Crippen LogP contribution in [0, 0.1) is 5.82 Å². The molecule has 2 heteroatoms. The van der Waals surface area contributed by atoms with Crippen LogP contribution in [0.2, 0.25) is 0 Å². The van der Waals surface area contributed by atoms with Gasteiger partial charge in [-0.05, 0) is 43.5 Å². The van der Waals surface area contributed by atoms with E-state index in [0.717, 1.165) is 31.5 Å². The van der Waals surface area contributed by atoms with Crippen molar-refractivity contribution in [2.24, 2.45) is 0 Å². The van der Waals surface area contributed by atoms with Crippen molar-refractivity contribution in [3.8, 4) is 0 Å². The van der Waals surface area contributed by atoms with Crippen molar-refractivity contribution in [1.82, 2.24) is 5.32 Å². The highest BCUT2D eigenvalue weighted by atomic mass is 19.1. The lowest BCUT2D eigenvalue weighted by atomic mass is 9.90. The third kappa shape index (κ3) is 2.32. The first-order valence-electron chi connectivity index (χ1n) is 4.83. The van der Waals surface area contributed by atoms with Crippen molar-refractivity contribution in [2.45, 2.75) is 26.2 Å². The zero-order valence-electron chi connectivity index (χ0n) is 7.59. The van der Waals surface area contributed by atoms with Gasteiger partial charge >= 0.3 is 0 Å². The molecular formula is C12H18FN. The number of hydrogen-bond acceptors (Lipinski definition) is 1. The SMILES string of the molecule is C.Fc1ccccc1C1CCNCC1. The Morgan fingerprint density at radius 3 is 2.43 bits per heavy atom. The molecule has 0 bridgehead atoms. The van der Waals surface area contributed by atoms with E-state index in [2.05, 4.69) is 5.32 Å². The van der Waals surface area contributed by atoms with Crippen LogP contribution in [-0.4, -0.2) is 13.1 Å². The van der Waals surface area contributed by atoms with Crippen molar-refractivity contribution < 1.29 is 4.39 Å². The van der Waals surface area contributed by atoms with Crippen molar-refractivity contribution in [2.75, 3.05) is 13.1 Å². The van der Waals surface area contributed by atoms with Gasteiger partial charge in [0.15, 0.2) is 0 Å². The van der Waals surface area contributed by atoms with E-state index in [9.17, 15) is 4.39 Å². The van der Waals surface area contributed by atoms with Crippen molar-refractivity contribution in [3.05, 3.63) is 35.6 Å². The van der Waals surface area contributed by atoms with E-state index in [4.69, 9.17) is 0 Å². The minimum atomic E-state index is -0.0469. The Morgan fingerprint density at radius 2 is 1.79 bits per heavy atom. The van der Waals surface area contributed by atoms with Crippen LogP contribution in [0.25, 0.3) is 0 Å². The quantitative estimate of drug-likeness (QED) is 0.726. The average molecular weight is 195 g/mol. The molecule has 0 aromatic heterocycles. The molecule has 0 atom stereocenters. The molecule has 0 aliphatic carbocycles. The molecule has 1 aliphatic heterocycles. The molecule has 78 valence electrons. The summed E-state index contributed by atoms with van der Waals surface area (Å²) < 4.78 is 13.4. The molecular weight excluding hydrogens is 177 g/mol. The fourth-order valence-corrected chi connectivity index (χ4v) is 1.94. The van der Waals surface area contributed by atoms with Crippen LogP contribution < -0.4 is 5.32 Å². The molecule has 0 radical (unpaired) electrons. The van der Waals surface area contributed by atoms with Crippen LogP contribution >= 0.6 is 0 Å². The molecule has 1 saturated heterocycles. The maximum absolute atomic E-state index is 13.4. The topological polar surface area (TPSA) is 12.0 Å². The zero-order chi connectivity index (χ0) is 9.10. The van der Waals surface area contributed by atoms with Gasteiger partial charge in [-0.1, -0.05) is 25.6 Å². The first-order valence-corrected chi connectivity index (χ1v) is 4.83. The minimum Gasteiger partial charge on any atom is -0.317 e. The van der Waals surface area contributed by atoms with E-state index in [0.29, 0.717) is 5.92 Å². The normalized spacial score (nSPS) is 17.5. The fraction of sp³-hybridized carbons (Fsp3) is 0.500. The van der Waals surface area contributed by atoms with Gasteiger partial charge in [-0.25, -0.2) is 4.39 Å². The summed E-state index contributed by atoms with van der Waals surface area (Å²) in [6.45, 7) is 2.03. The van der Waals surface area contributed by atoms with E-state index in [1.807, 2.05) is 12.1 Å². The van der Waals surface area contributed by atoms with Gasteiger partial charge in [-0.2, -0.15) is 0 Å². The Hall–Kier alpha value is -0.890. The number of benzene rings is 1. The van der Waals surface area contributed by atoms with E-state index in [-0.39, 0.29) is 13.2 Å². The fourth-order valence-electron chi connectivity index (χ4n) is 1.94. The predicted molar refractivity (Wildman–Crippen MR) is 58.0 cm³/mol. The molecule has 1 aliphatic rings. The summed E-state index contributed by atoms with van der Waals surface area (Å²) in [5.41, 5.74) is 0.893. The summed E-state index contributed by atoms with van der Waals surface area (Å²) in [6, 6.07) is 7.13. The standard InChI is InChI=1S/C11H14FN.CH4/c12-11-4-2-1-3-10(11)9-5-7-13-8-6-9;/h1-4,9,13H,5-8H2;1H4. The third-order valence-electron chi connectivity index (χ3n) is 2.68. The van der Waals surface area contributed by atoms with Crippen LogP contribution in [-0.2, 0) is 0 Å². The highest BCUT2D eigenvalue weighted by Gasteiger charge is 2.17. The van der Waals surface area contributed by atoms with E-state index in [1.54, 1.807) is 12.1 Å². The van der Waals surface area contributed by atoms with Crippen LogP contribution in [0.4, 0.5) is 4.39 Å². The van der Waals surface area contributed by atoms with Crippen LogP contribution in [0.5, 0.6) is 0 Å². The van der Waals surface area contributed by atoms with Crippen LogP contribution in [0.1, 0.15) is 31.7 Å². The monoisotopic (exact) mass is 195 g/mol. The maximum Gasteiger partial charge on any atom is 0.126 e. The molecule has 1 fully saturated rings. The van der Waals surface area contributed by atoms with Gasteiger partial charge in [-0.3, -0.25) is 0 Å². The van der Waals surface area contributed by atoms with Crippen molar-refractivity contribution in [3.63, 3.8) is 0 Å². The molecule has 14 heavy (non-hydrogen) atoms. The van der Waals surface area contributed by atoms with E-state index in [1.165, 1.54) is 0 Å². The number of piperidine rings is 1. The number of nitrogens with one attached hydrogen (secondary N) is 1. The van der Waals surface area contributed by atoms with Gasteiger partial charge in [0, 0.05) is 0 Å². The second-order valence-electron chi connectivity index (χ2n) is 3.55. The lowest BCUT2D eigenvalue weighted by molar-refractivity contribution is 0.445. The lowest BCUT2D eigenvalue weighted by Crippen LogP contribution is -2.27. The Morgan fingerprint density at radius 1 is 1.14 bits per heavy atom. The largest absolute Gasteiger partial charge is 0.317 e. The number of rotatable bonds is 1. The second kappa shape index (κ2) is 5.11. The molecule has 1 aromatic rings. The summed E-state index contributed by atoms with van der Waals surface area (Å²) in [6.07, 6.45) is 2.11. The van der Waals surface area contributed by atoms with Crippen LogP contribution in [0.3, 0.4) is 0 Å². The van der Waals surface area contributed by atoms with Gasteiger partial charge < -0.3 is 5.32 Å². The van der Waals surface area contributed by atoms with E-state index < -0.39 is 0 Å².